The van der Waals surface area contributed by atoms with E-state index in [2.05, 4.69) is 16.8 Å². The van der Waals surface area contributed by atoms with Crippen molar-refractivity contribution in [2.45, 2.75) is 58.0 Å². The van der Waals surface area contributed by atoms with Crippen LogP contribution in [0.3, 0.4) is 0 Å². The molecule has 0 unspecified atom stereocenters. The van der Waals surface area contributed by atoms with Crippen molar-refractivity contribution >= 4 is 0 Å². The summed E-state index contributed by atoms with van der Waals surface area (Å²) in [6.45, 7) is 6.94. The van der Waals surface area contributed by atoms with Crippen LogP contribution in [-0.4, -0.2) is 29.3 Å². The van der Waals surface area contributed by atoms with Gasteiger partial charge < -0.3 is 14.6 Å². The Bertz CT molecular complexity index is 423. The van der Waals surface area contributed by atoms with E-state index in [0.717, 1.165) is 45.2 Å². The minimum Gasteiger partial charge on any atom is -0.380 e. The van der Waals surface area contributed by atoms with Crippen molar-refractivity contribution in [1.82, 2.24) is 14.9 Å². The van der Waals surface area contributed by atoms with Crippen LogP contribution >= 0.6 is 0 Å². The normalized spacial score (nSPS) is 18.6. The molecule has 1 aliphatic carbocycles. The van der Waals surface area contributed by atoms with E-state index in [0.29, 0.717) is 0 Å². The van der Waals surface area contributed by atoms with Gasteiger partial charge in [-0.25, -0.2) is 4.98 Å². The van der Waals surface area contributed by atoms with E-state index in [9.17, 15) is 0 Å². The molecule has 0 spiro atoms. The van der Waals surface area contributed by atoms with Crippen LogP contribution in [0, 0.1) is 0 Å². The third-order valence-corrected chi connectivity index (χ3v) is 4.06. The lowest BCUT2D eigenvalue weighted by atomic mass is 10.2. The molecule has 1 saturated carbocycles. The molecule has 2 aliphatic rings. The first kappa shape index (κ1) is 13.1. The molecule has 4 nitrogen and oxygen atoms in total. The number of hydrogen-bond donors (Lipinski definition) is 1. The fourth-order valence-electron chi connectivity index (χ4n) is 2.80. The maximum Gasteiger partial charge on any atom is 0.112 e. The van der Waals surface area contributed by atoms with Gasteiger partial charge >= 0.3 is 0 Å². The molecule has 1 fully saturated rings. The first-order valence-corrected chi connectivity index (χ1v) is 7.76. The molecule has 0 saturated heterocycles. The highest BCUT2D eigenvalue weighted by atomic mass is 16.5. The van der Waals surface area contributed by atoms with Crippen molar-refractivity contribution in [3.8, 4) is 0 Å². The molecule has 1 aromatic heterocycles. The zero-order valence-corrected chi connectivity index (χ0v) is 12.0. The summed E-state index contributed by atoms with van der Waals surface area (Å²) in [6, 6.07) is 0. The van der Waals surface area contributed by atoms with Crippen molar-refractivity contribution in [2.24, 2.45) is 0 Å². The van der Waals surface area contributed by atoms with Crippen LogP contribution < -0.4 is 5.32 Å². The Kier molecular flexibility index (Phi) is 4.18. The largest absolute Gasteiger partial charge is 0.380 e. The predicted octanol–water partition coefficient (Wildman–Crippen LogP) is 2.22. The minimum atomic E-state index is 0.723. The molecule has 19 heavy (non-hydrogen) atoms. The van der Waals surface area contributed by atoms with Crippen LogP contribution in [0.1, 0.15) is 55.7 Å². The zero-order valence-electron chi connectivity index (χ0n) is 12.0. The summed E-state index contributed by atoms with van der Waals surface area (Å²) in [5.74, 6) is 2.05. The standard InChI is InChI=1S/C15H25N3O/c1-2-3-9-19-10-8-18-14-6-7-16-11-13(14)17-15(18)12-4-5-12/h12,16H,2-11H2,1H3. The minimum absolute atomic E-state index is 0.723. The first-order chi connectivity index (χ1) is 9.40. The van der Waals surface area contributed by atoms with E-state index in [4.69, 9.17) is 9.72 Å². The Labute approximate surface area is 115 Å². The van der Waals surface area contributed by atoms with Gasteiger partial charge in [-0.15, -0.1) is 0 Å². The van der Waals surface area contributed by atoms with Crippen LogP contribution in [0.2, 0.25) is 0 Å². The summed E-state index contributed by atoms with van der Waals surface area (Å²) in [4.78, 5) is 4.87. The number of fused-ring (bicyclic) bond motifs is 1. The monoisotopic (exact) mass is 263 g/mol. The van der Waals surface area contributed by atoms with Crippen LogP contribution in [0.15, 0.2) is 0 Å². The van der Waals surface area contributed by atoms with Crippen molar-refractivity contribution in [3.63, 3.8) is 0 Å². The molecule has 0 atom stereocenters. The molecule has 1 aromatic rings. The summed E-state index contributed by atoms with van der Waals surface area (Å²) in [5.41, 5.74) is 2.74. The van der Waals surface area contributed by atoms with E-state index in [1.54, 1.807) is 0 Å². The molecule has 106 valence electrons. The van der Waals surface area contributed by atoms with E-state index in [-0.39, 0.29) is 0 Å². The first-order valence-electron chi connectivity index (χ1n) is 7.76. The predicted molar refractivity (Wildman–Crippen MR) is 75.3 cm³/mol. The van der Waals surface area contributed by atoms with Crippen molar-refractivity contribution < 1.29 is 4.74 Å². The SMILES string of the molecule is CCCCOCCn1c(C2CC2)nc2c1CCNC2. The Balaban J connectivity index is 1.66. The summed E-state index contributed by atoms with van der Waals surface area (Å²) in [5, 5.41) is 3.42. The smallest absolute Gasteiger partial charge is 0.112 e. The third-order valence-electron chi connectivity index (χ3n) is 4.06. The second-order valence-corrected chi connectivity index (χ2v) is 5.68. The number of nitrogens with zero attached hydrogens (tertiary/aromatic N) is 2. The van der Waals surface area contributed by atoms with E-state index < -0.39 is 0 Å². The van der Waals surface area contributed by atoms with Crippen LogP contribution in [0.25, 0.3) is 0 Å². The summed E-state index contributed by atoms with van der Waals surface area (Å²) in [6.07, 6.45) is 6.13. The third kappa shape index (κ3) is 3.00. The summed E-state index contributed by atoms with van der Waals surface area (Å²) < 4.78 is 8.19. The molecule has 4 heteroatoms. The van der Waals surface area contributed by atoms with E-state index in [1.807, 2.05) is 0 Å². The van der Waals surface area contributed by atoms with Gasteiger partial charge in [-0.1, -0.05) is 13.3 Å². The van der Waals surface area contributed by atoms with Crippen molar-refractivity contribution in [3.05, 3.63) is 17.2 Å². The second-order valence-electron chi connectivity index (χ2n) is 5.68. The van der Waals surface area contributed by atoms with Crippen LogP contribution in [0.5, 0.6) is 0 Å². The average molecular weight is 263 g/mol. The number of nitrogens with one attached hydrogen (secondary N) is 1. The van der Waals surface area contributed by atoms with E-state index >= 15 is 0 Å². The van der Waals surface area contributed by atoms with Crippen LogP contribution in [0.4, 0.5) is 0 Å². The van der Waals surface area contributed by atoms with Gasteiger partial charge in [0.25, 0.3) is 0 Å². The molecule has 0 amide bonds. The number of imidazole rings is 1. The van der Waals surface area contributed by atoms with Gasteiger partial charge in [0.2, 0.25) is 0 Å². The molecule has 0 aromatic carbocycles. The van der Waals surface area contributed by atoms with Gasteiger partial charge in [0.1, 0.15) is 5.82 Å². The number of rotatable bonds is 7. The fourth-order valence-corrected chi connectivity index (χ4v) is 2.80. The maximum atomic E-state index is 5.73. The number of aromatic nitrogens is 2. The molecule has 2 heterocycles. The van der Waals surface area contributed by atoms with Crippen molar-refractivity contribution in [1.29, 1.82) is 0 Å². The average Bonchev–Trinajstić information content (AvgIpc) is 3.21. The highest BCUT2D eigenvalue weighted by molar-refractivity contribution is 5.24. The molecule has 0 radical (unpaired) electrons. The van der Waals surface area contributed by atoms with Gasteiger partial charge in [0.05, 0.1) is 12.3 Å². The van der Waals surface area contributed by atoms with Gasteiger partial charge in [0, 0.05) is 44.3 Å². The van der Waals surface area contributed by atoms with Crippen molar-refractivity contribution in [2.75, 3.05) is 19.8 Å². The Morgan fingerprint density at radius 1 is 1.37 bits per heavy atom. The lowest BCUT2D eigenvalue weighted by molar-refractivity contribution is 0.122. The summed E-state index contributed by atoms with van der Waals surface area (Å²) >= 11 is 0. The van der Waals surface area contributed by atoms with Gasteiger partial charge in [0.15, 0.2) is 0 Å². The lowest BCUT2D eigenvalue weighted by Crippen LogP contribution is -2.25. The molecule has 1 aliphatic heterocycles. The Hall–Kier alpha value is -0.870. The van der Waals surface area contributed by atoms with Gasteiger partial charge in [-0.3, -0.25) is 0 Å². The fraction of sp³-hybridized carbons (Fsp3) is 0.800. The van der Waals surface area contributed by atoms with Gasteiger partial charge in [-0.05, 0) is 19.3 Å². The summed E-state index contributed by atoms with van der Waals surface area (Å²) in [7, 11) is 0. The molecule has 1 N–H and O–H groups in total. The number of hydrogen-bond acceptors (Lipinski definition) is 3. The van der Waals surface area contributed by atoms with Gasteiger partial charge in [-0.2, -0.15) is 0 Å². The molecular formula is C15H25N3O. The molecule has 0 bridgehead atoms. The lowest BCUT2D eigenvalue weighted by Gasteiger charge is -2.16. The Morgan fingerprint density at radius 3 is 3.05 bits per heavy atom. The Morgan fingerprint density at radius 2 is 2.26 bits per heavy atom. The maximum absolute atomic E-state index is 5.73. The highest BCUT2D eigenvalue weighted by Gasteiger charge is 2.31. The highest BCUT2D eigenvalue weighted by Crippen LogP contribution is 2.40. The number of unbranched alkanes of at least 4 members (excludes halogenated alkanes) is 1. The number of ether oxygens (including phenoxy) is 1. The quantitative estimate of drug-likeness (QED) is 0.767. The molecule has 3 rings (SSSR count). The van der Waals surface area contributed by atoms with Crippen LogP contribution in [-0.2, 0) is 24.2 Å². The second kappa shape index (κ2) is 6.06. The zero-order chi connectivity index (χ0) is 13.1. The topological polar surface area (TPSA) is 39.1 Å². The molecular weight excluding hydrogens is 238 g/mol. The van der Waals surface area contributed by atoms with E-state index in [1.165, 1.54) is 42.9 Å².